The Morgan fingerprint density at radius 3 is 2.74 bits per heavy atom. The minimum absolute atomic E-state index is 0.441. The standard InChI is InChI=1S/C20H17ClN2O2S2/c21-13-7-5-12(6-8-13)11-27-20(26)23-10-17-15(9-18(23)19(24)25)14-3-1-2-4-16(14)22-17/h1-8,18,22H,9-11H2,(H,24,25)/t18-/m1/s1. The molecule has 1 atom stereocenters. The molecule has 0 saturated carbocycles. The molecule has 1 aliphatic rings. The molecule has 0 unspecified atom stereocenters. The number of benzene rings is 2. The number of nitrogens with one attached hydrogen (secondary N) is 1. The monoisotopic (exact) mass is 416 g/mol. The summed E-state index contributed by atoms with van der Waals surface area (Å²) in [6, 6.07) is 15.0. The van der Waals surface area contributed by atoms with E-state index in [0.717, 1.165) is 27.7 Å². The van der Waals surface area contributed by atoms with Gasteiger partial charge in [0.15, 0.2) is 0 Å². The van der Waals surface area contributed by atoms with Crippen LogP contribution >= 0.6 is 35.6 Å². The topological polar surface area (TPSA) is 56.3 Å². The molecule has 2 N–H and O–H groups in total. The zero-order valence-electron chi connectivity index (χ0n) is 14.3. The largest absolute Gasteiger partial charge is 0.480 e. The molecule has 0 spiro atoms. The van der Waals surface area contributed by atoms with Gasteiger partial charge in [-0.15, -0.1) is 0 Å². The number of hydrogen-bond donors (Lipinski definition) is 2. The van der Waals surface area contributed by atoms with Crippen LogP contribution in [-0.2, 0) is 23.5 Å². The van der Waals surface area contributed by atoms with Crippen LogP contribution in [0.25, 0.3) is 10.9 Å². The van der Waals surface area contributed by atoms with Gasteiger partial charge in [0.25, 0.3) is 0 Å². The van der Waals surface area contributed by atoms with Crippen LogP contribution in [0.5, 0.6) is 0 Å². The molecule has 0 saturated heterocycles. The Morgan fingerprint density at radius 2 is 2.00 bits per heavy atom. The Morgan fingerprint density at radius 1 is 1.26 bits per heavy atom. The van der Waals surface area contributed by atoms with E-state index in [0.29, 0.717) is 28.1 Å². The van der Waals surface area contributed by atoms with Crippen molar-refractivity contribution in [2.45, 2.75) is 24.8 Å². The molecule has 0 radical (unpaired) electrons. The molecule has 4 rings (SSSR count). The summed E-state index contributed by atoms with van der Waals surface area (Å²) in [6.07, 6.45) is 0.441. The average molecular weight is 417 g/mol. The van der Waals surface area contributed by atoms with Crippen molar-refractivity contribution in [3.05, 3.63) is 70.4 Å². The number of carboxylic acid groups (broad SMARTS) is 1. The number of rotatable bonds is 3. The van der Waals surface area contributed by atoms with E-state index in [1.807, 2.05) is 53.4 Å². The second kappa shape index (κ2) is 7.54. The van der Waals surface area contributed by atoms with E-state index in [9.17, 15) is 9.90 Å². The third-order valence-corrected chi connectivity index (χ3v) is 6.60. The third kappa shape index (κ3) is 3.70. The molecule has 0 fully saturated rings. The lowest BCUT2D eigenvalue weighted by atomic mass is 9.97. The van der Waals surface area contributed by atoms with E-state index in [1.165, 1.54) is 11.8 Å². The zero-order valence-corrected chi connectivity index (χ0v) is 16.7. The van der Waals surface area contributed by atoms with Crippen molar-refractivity contribution in [2.24, 2.45) is 0 Å². The fourth-order valence-corrected chi connectivity index (χ4v) is 4.76. The molecule has 2 heterocycles. The third-order valence-electron chi connectivity index (χ3n) is 4.80. The van der Waals surface area contributed by atoms with E-state index < -0.39 is 12.0 Å². The zero-order chi connectivity index (χ0) is 19.0. The molecule has 0 aliphatic carbocycles. The summed E-state index contributed by atoms with van der Waals surface area (Å²) in [7, 11) is 0. The average Bonchev–Trinajstić information content (AvgIpc) is 3.04. The molecule has 2 aromatic carbocycles. The Kier molecular flexibility index (Phi) is 5.12. The van der Waals surface area contributed by atoms with Gasteiger partial charge >= 0.3 is 5.97 Å². The first-order valence-corrected chi connectivity index (χ1v) is 10.3. The quantitative estimate of drug-likeness (QED) is 0.597. The molecule has 138 valence electrons. The summed E-state index contributed by atoms with van der Waals surface area (Å²) in [5.41, 5.74) is 4.26. The molecule has 3 aromatic rings. The number of carbonyl (C=O) groups is 1. The number of nitrogens with zero attached hydrogens (tertiary/aromatic N) is 1. The summed E-state index contributed by atoms with van der Waals surface area (Å²) in [6.45, 7) is 0.480. The van der Waals surface area contributed by atoms with Gasteiger partial charge in [0, 0.05) is 33.8 Å². The molecule has 7 heteroatoms. The Labute approximate surface area is 171 Å². The number of H-pyrrole nitrogens is 1. The highest BCUT2D eigenvalue weighted by Crippen LogP contribution is 2.32. The number of hydrogen-bond acceptors (Lipinski definition) is 3. The van der Waals surface area contributed by atoms with E-state index in [1.54, 1.807) is 0 Å². The number of carboxylic acids is 1. The molecule has 27 heavy (non-hydrogen) atoms. The highest BCUT2D eigenvalue weighted by atomic mass is 35.5. The summed E-state index contributed by atoms with van der Waals surface area (Å²) in [5, 5.41) is 11.6. The molecular formula is C20H17ClN2O2S2. The number of aromatic nitrogens is 1. The van der Waals surface area contributed by atoms with E-state index in [2.05, 4.69) is 4.98 Å². The normalized spacial score (nSPS) is 16.3. The van der Waals surface area contributed by atoms with Gasteiger partial charge in [0.2, 0.25) is 0 Å². The summed E-state index contributed by atoms with van der Waals surface area (Å²) >= 11 is 13.0. The lowest BCUT2D eigenvalue weighted by Crippen LogP contribution is -2.47. The van der Waals surface area contributed by atoms with Gasteiger partial charge in [-0.2, -0.15) is 0 Å². The van der Waals surface area contributed by atoms with Crippen LogP contribution in [0.15, 0.2) is 48.5 Å². The number of halogens is 1. The van der Waals surface area contributed by atoms with Crippen LogP contribution in [0.1, 0.15) is 16.8 Å². The van der Waals surface area contributed by atoms with Crippen LogP contribution < -0.4 is 0 Å². The molecular weight excluding hydrogens is 400 g/mol. The highest BCUT2D eigenvalue weighted by Gasteiger charge is 2.34. The lowest BCUT2D eigenvalue weighted by Gasteiger charge is -2.34. The van der Waals surface area contributed by atoms with E-state index in [4.69, 9.17) is 23.8 Å². The number of thiocarbonyl (C=S) groups is 1. The molecule has 0 bridgehead atoms. The van der Waals surface area contributed by atoms with E-state index in [-0.39, 0.29) is 0 Å². The second-order valence-electron chi connectivity index (χ2n) is 6.49. The van der Waals surface area contributed by atoms with Gasteiger partial charge in [-0.05, 0) is 29.3 Å². The SMILES string of the molecule is O=C(O)[C@H]1Cc2c([nH]c3ccccc23)CN1C(=S)SCc1ccc(Cl)cc1. The summed E-state index contributed by atoms with van der Waals surface area (Å²) < 4.78 is 0.599. The van der Waals surface area contributed by atoms with E-state index >= 15 is 0 Å². The first kappa shape index (κ1) is 18.3. The van der Waals surface area contributed by atoms with Gasteiger partial charge in [-0.1, -0.05) is 65.9 Å². The van der Waals surface area contributed by atoms with Crippen LogP contribution in [-0.4, -0.2) is 31.3 Å². The summed E-state index contributed by atoms with van der Waals surface area (Å²) in [4.78, 5) is 17.2. The smallest absolute Gasteiger partial charge is 0.326 e. The maximum atomic E-state index is 11.9. The fraction of sp³-hybridized carbons (Fsp3) is 0.200. The van der Waals surface area contributed by atoms with Crippen LogP contribution in [0, 0.1) is 0 Å². The maximum Gasteiger partial charge on any atom is 0.326 e. The summed E-state index contributed by atoms with van der Waals surface area (Å²) in [5.74, 6) is -0.168. The minimum atomic E-state index is -0.847. The van der Waals surface area contributed by atoms with Crippen LogP contribution in [0.4, 0.5) is 0 Å². The minimum Gasteiger partial charge on any atom is -0.480 e. The van der Waals surface area contributed by atoms with Crippen molar-refractivity contribution in [1.82, 2.24) is 9.88 Å². The van der Waals surface area contributed by atoms with Crippen LogP contribution in [0.2, 0.25) is 5.02 Å². The maximum absolute atomic E-state index is 11.9. The molecule has 1 aromatic heterocycles. The van der Waals surface area contributed by atoms with Crippen molar-refractivity contribution in [3.63, 3.8) is 0 Å². The fourth-order valence-electron chi connectivity index (χ4n) is 3.43. The predicted octanol–water partition coefficient (Wildman–Crippen LogP) is 4.85. The Balaban J connectivity index is 1.56. The van der Waals surface area contributed by atoms with Crippen molar-refractivity contribution in [1.29, 1.82) is 0 Å². The predicted molar refractivity (Wildman–Crippen MR) is 114 cm³/mol. The Bertz CT molecular complexity index is 1020. The van der Waals surface area contributed by atoms with Gasteiger partial charge in [0.05, 0.1) is 6.54 Å². The van der Waals surface area contributed by atoms with Crippen LogP contribution in [0.3, 0.4) is 0 Å². The molecule has 0 amide bonds. The molecule has 4 nitrogen and oxygen atoms in total. The molecule has 1 aliphatic heterocycles. The number of fused-ring (bicyclic) bond motifs is 3. The number of para-hydroxylation sites is 1. The van der Waals surface area contributed by atoms with Crippen molar-refractivity contribution in [2.75, 3.05) is 0 Å². The van der Waals surface area contributed by atoms with Crippen molar-refractivity contribution in [3.8, 4) is 0 Å². The second-order valence-corrected chi connectivity index (χ2v) is 8.54. The van der Waals surface area contributed by atoms with Crippen molar-refractivity contribution >= 4 is 56.8 Å². The lowest BCUT2D eigenvalue weighted by molar-refractivity contribution is -0.142. The number of aromatic amines is 1. The van der Waals surface area contributed by atoms with Gasteiger partial charge in [-0.25, -0.2) is 4.79 Å². The first-order valence-electron chi connectivity index (χ1n) is 8.52. The highest BCUT2D eigenvalue weighted by molar-refractivity contribution is 8.22. The first-order chi connectivity index (χ1) is 13.0. The number of aliphatic carboxylic acids is 1. The van der Waals surface area contributed by atoms with Gasteiger partial charge < -0.3 is 15.0 Å². The van der Waals surface area contributed by atoms with Crippen molar-refractivity contribution < 1.29 is 9.90 Å². The Hall–Kier alpha value is -2.02. The van der Waals surface area contributed by atoms with Gasteiger partial charge in [0.1, 0.15) is 10.4 Å². The van der Waals surface area contributed by atoms with Gasteiger partial charge in [-0.3, -0.25) is 0 Å². The number of thioether (sulfide) groups is 1.